The molecule has 0 aliphatic carbocycles. The number of furan rings is 1. The van der Waals surface area contributed by atoms with Crippen LogP contribution in [0.3, 0.4) is 0 Å². The Labute approximate surface area is 163 Å². The van der Waals surface area contributed by atoms with Crippen molar-refractivity contribution in [3.63, 3.8) is 0 Å². The van der Waals surface area contributed by atoms with Gasteiger partial charge in [0.2, 0.25) is 5.91 Å². The zero-order chi connectivity index (χ0) is 19.4. The van der Waals surface area contributed by atoms with Gasteiger partial charge in [-0.05, 0) is 43.0 Å². The first-order chi connectivity index (χ1) is 13.0. The minimum atomic E-state index is -0.316. The minimum Gasteiger partial charge on any atom is -0.467 e. The zero-order valence-corrected chi connectivity index (χ0v) is 16.8. The topological polar surface area (TPSA) is 73.0 Å². The molecule has 3 rings (SSSR count). The van der Waals surface area contributed by atoms with Crippen molar-refractivity contribution in [3.05, 3.63) is 59.8 Å². The van der Waals surface area contributed by atoms with Crippen LogP contribution in [0.5, 0.6) is 0 Å². The van der Waals surface area contributed by atoms with E-state index < -0.39 is 0 Å². The average Bonchev–Trinajstić information content (AvgIpc) is 3.29. The number of thioether (sulfide) groups is 1. The number of hydrogen-bond acceptors (Lipinski definition) is 5. The number of rotatable bonds is 7. The standard InChI is InChI=1S/C20H24N4O2S/c1-13(2)17-9-5-7-14(3)18(17)22-19(25)15(4)27-20-23-21-12-24(20)11-16-8-6-10-26-16/h5-10,12-13,15H,11H2,1-4H3,(H,22,25). The van der Waals surface area contributed by atoms with E-state index in [1.165, 1.54) is 11.8 Å². The van der Waals surface area contributed by atoms with Crippen LogP contribution in [-0.2, 0) is 11.3 Å². The fraction of sp³-hybridized carbons (Fsp3) is 0.350. The molecule has 0 saturated carbocycles. The van der Waals surface area contributed by atoms with Crippen molar-refractivity contribution in [2.75, 3.05) is 5.32 Å². The predicted molar refractivity (Wildman–Crippen MR) is 107 cm³/mol. The number of nitrogens with one attached hydrogen (secondary N) is 1. The van der Waals surface area contributed by atoms with E-state index in [4.69, 9.17) is 4.42 Å². The highest BCUT2D eigenvalue weighted by atomic mass is 32.2. The third-order valence-electron chi connectivity index (χ3n) is 4.31. The second-order valence-corrected chi connectivity index (χ2v) is 8.07. The Balaban J connectivity index is 1.70. The minimum absolute atomic E-state index is 0.0521. The van der Waals surface area contributed by atoms with Crippen molar-refractivity contribution >= 4 is 23.4 Å². The molecule has 1 aromatic carbocycles. The van der Waals surface area contributed by atoms with Crippen molar-refractivity contribution in [3.8, 4) is 0 Å². The third kappa shape index (κ3) is 4.60. The summed E-state index contributed by atoms with van der Waals surface area (Å²) in [6.45, 7) is 8.67. The van der Waals surface area contributed by atoms with Gasteiger partial charge in [-0.1, -0.05) is 43.8 Å². The molecule has 0 bridgehead atoms. The number of benzene rings is 1. The monoisotopic (exact) mass is 384 g/mol. The number of aromatic nitrogens is 3. The summed E-state index contributed by atoms with van der Waals surface area (Å²) in [5.41, 5.74) is 3.11. The molecule has 27 heavy (non-hydrogen) atoms. The Hall–Kier alpha value is -2.54. The number of amides is 1. The van der Waals surface area contributed by atoms with Crippen molar-refractivity contribution in [2.24, 2.45) is 0 Å². The van der Waals surface area contributed by atoms with Gasteiger partial charge < -0.3 is 14.3 Å². The van der Waals surface area contributed by atoms with E-state index >= 15 is 0 Å². The number of carbonyl (C=O) groups excluding carboxylic acids is 1. The quantitative estimate of drug-likeness (QED) is 0.609. The number of para-hydroxylation sites is 1. The molecular formula is C20H24N4O2S. The number of carbonyl (C=O) groups is 1. The summed E-state index contributed by atoms with van der Waals surface area (Å²) >= 11 is 1.38. The van der Waals surface area contributed by atoms with E-state index in [1.807, 2.05) is 42.7 Å². The van der Waals surface area contributed by atoms with Crippen LogP contribution in [0.4, 0.5) is 5.69 Å². The van der Waals surface area contributed by atoms with E-state index in [0.29, 0.717) is 17.6 Å². The Morgan fingerprint density at radius 1 is 1.26 bits per heavy atom. The zero-order valence-electron chi connectivity index (χ0n) is 16.0. The fourth-order valence-electron chi connectivity index (χ4n) is 2.79. The predicted octanol–water partition coefficient (Wildman–Crippen LogP) is 4.47. The molecule has 7 heteroatoms. The molecule has 1 atom stereocenters. The normalized spacial score (nSPS) is 12.3. The Morgan fingerprint density at radius 3 is 2.78 bits per heavy atom. The number of aryl methyl sites for hydroxylation is 1. The highest BCUT2D eigenvalue weighted by molar-refractivity contribution is 8.00. The summed E-state index contributed by atoms with van der Waals surface area (Å²) in [6, 6.07) is 9.84. The van der Waals surface area contributed by atoms with Gasteiger partial charge in [0, 0.05) is 5.69 Å². The fourth-order valence-corrected chi connectivity index (χ4v) is 3.62. The molecule has 0 aliphatic heterocycles. The van der Waals surface area contributed by atoms with Gasteiger partial charge in [-0.25, -0.2) is 0 Å². The van der Waals surface area contributed by atoms with Gasteiger partial charge in [0.1, 0.15) is 12.1 Å². The molecule has 142 valence electrons. The maximum absolute atomic E-state index is 12.8. The van der Waals surface area contributed by atoms with Crippen molar-refractivity contribution in [1.82, 2.24) is 14.8 Å². The largest absolute Gasteiger partial charge is 0.467 e. The van der Waals surface area contributed by atoms with Gasteiger partial charge in [-0.2, -0.15) is 0 Å². The molecular weight excluding hydrogens is 360 g/mol. The first kappa shape index (κ1) is 19.2. The van der Waals surface area contributed by atoms with Gasteiger partial charge in [0.15, 0.2) is 5.16 Å². The maximum Gasteiger partial charge on any atom is 0.237 e. The molecule has 0 spiro atoms. The lowest BCUT2D eigenvalue weighted by Crippen LogP contribution is -2.24. The number of nitrogens with zero attached hydrogens (tertiary/aromatic N) is 3. The second-order valence-electron chi connectivity index (χ2n) is 6.76. The van der Waals surface area contributed by atoms with Crippen LogP contribution in [0.2, 0.25) is 0 Å². The van der Waals surface area contributed by atoms with Gasteiger partial charge in [-0.15, -0.1) is 10.2 Å². The lowest BCUT2D eigenvalue weighted by Gasteiger charge is -2.18. The summed E-state index contributed by atoms with van der Waals surface area (Å²) < 4.78 is 7.25. The van der Waals surface area contributed by atoms with Crippen LogP contribution in [0.15, 0.2) is 52.5 Å². The lowest BCUT2D eigenvalue weighted by molar-refractivity contribution is -0.115. The molecule has 3 aromatic rings. The number of hydrogen-bond donors (Lipinski definition) is 1. The van der Waals surface area contributed by atoms with Crippen LogP contribution in [0.1, 0.15) is 43.6 Å². The first-order valence-corrected chi connectivity index (χ1v) is 9.81. The molecule has 0 aliphatic rings. The molecule has 6 nitrogen and oxygen atoms in total. The summed E-state index contributed by atoms with van der Waals surface area (Å²) in [7, 11) is 0. The van der Waals surface area contributed by atoms with Gasteiger partial charge >= 0.3 is 0 Å². The summed E-state index contributed by atoms with van der Waals surface area (Å²) in [5, 5.41) is 11.6. The summed E-state index contributed by atoms with van der Waals surface area (Å²) in [6.07, 6.45) is 3.28. The molecule has 1 N–H and O–H groups in total. The SMILES string of the molecule is Cc1cccc(C(C)C)c1NC(=O)C(C)Sc1nncn1Cc1ccco1. The average molecular weight is 385 g/mol. The van der Waals surface area contributed by atoms with Crippen LogP contribution in [-0.4, -0.2) is 25.9 Å². The van der Waals surface area contributed by atoms with E-state index in [0.717, 1.165) is 22.6 Å². The molecule has 2 aromatic heterocycles. The van der Waals surface area contributed by atoms with Crippen LogP contribution in [0, 0.1) is 6.92 Å². The molecule has 1 unspecified atom stereocenters. The highest BCUT2D eigenvalue weighted by Gasteiger charge is 2.20. The third-order valence-corrected chi connectivity index (χ3v) is 5.41. The first-order valence-electron chi connectivity index (χ1n) is 8.93. The maximum atomic E-state index is 12.8. The number of anilines is 1. The Bertz CT molecular complexity index is 903. The van der Waals surface area contributed by atoms with E-state index in [9.17, 15) is 4.79 Å². The lowest BCUT2D eigenvalue weighted by atomic mass is 9.98. The van der Waals surface area contributed by atoms with Crippen molar-refractivity contribution < 1.29 is 9.21 Å². The molecule has 0 fully saturated rings. The summed E-state index contributed by atoms with van der Waals surface area (Å²) in [4.78, 5) is 12.8. The van der Waals surface area contributed by atoms with Crippen LogP contribution >= 0.6 is 11.8 Å². The van der Waals surface area contributed by atoms with Gasteiger partial charge in [0.05, 0.1) is 18.1 Å². The Morgan fingerprint density at radius 2 is 2.07 bits per heavy atom. The van der Waals surface area contributed by atoms with Gasteiger partial charge in [0.25, 0.3) is 0 Å². The smallest absolute Gasteiger partial charge is 0.237 e. The van der Waals surface area contributed by atoms with E-state index in [-0.39, 0.29) is 11.2 Å². The second kappa shape index (κ2) is 8.43. The van der Waals surface area contributed by atoms with Gasteiger partial charge in [-0.3, -0.25) is 4.79 Å². The van der Waals surface area contributed by atoms with Crippen LogP contribution in [0.25, 0.3) is 0 Å². The highest BCUT2D eigenvalue weighted by Crippen LogP contribution is 2.29. The van der Waals surface area contributed by atoms with Crippen molar-refractivity contribution in [2.45, 2.75) is 50.6 Å². The van der Waals surface area contributed by atoms with Crippen LogP contribution < -0.4 is 5.32 Å². The molecule has 0 saturated heterocycles. The summed E-state index contributed by atoms with van der Waals surface area (Å²) in [5.74, 6) is 1.10. The molecule has 1 amide bonds. The molecule has 2 heterocycles. The Kier molecular flexibility index (Phi) is 6.01. The van der Waals surface area contributed by atoms with E-state index in [2.05, 4.69) is 35.4 Å². The van der Waals surface area contributed by atoms with Crippen molar-refractivity contribution in [1.29, 1.82) is 0 Å². The van der Waals surface area contributed by atoms with E-state index in [1.54, 1.807) is 12.6 Å². The molecule has 0 radical (unpaired) electrons.